The summed E-state index contributed by atoms with van der Waals surface area (Å²) in [6, 6.07) is 18.8. The number of rotatable bonds is 8. The number of carbonyl (C=O) groups excluding carboxylic acids is 1. The van der Waals surface area contributed by atoms with Crippen LogP contribution in [0.15, 0.2) is 67.0 Å². The number of carboxylic acid groups (broad SMARTS) is 1. The van der Waals surface area contributed by atoms with Gasteiger partial charge in [0.15, 0.2) is 11.5 Å². The molecule has 0 spiro atoms. The van der Waals surface area contributed by atoms with E-state index in [4.69, 9.17) is 4.98 Å². The van der Waals surface area contributed by atoms with Crippen molar-refractivity contribution < 1.29 is 19.8 Å². The average molecular weight is 585 g/mol. The van der Waals surface area contributed by atoms with Gasteiger partial charge >= 0.3 is 6.09 Å². The van der Waals surface area contributed by atoms with Crippen molar-refractivity contribution in [1.29, 1.82) is 0 Å². The summed E-state index contributed by atoms with van der Waals surface area (Å²) in [4.78, 5) is 34.1. The lowest BCUT2D eigenvalue weighted by molar-refractivity contribution is -0.0478. The molecule has 12 heteroatoms. The molecule has 1 aliphatic heterocycles. The van der Waals surface area contributed by atoms with E-state index in [0.717, 1.165) is 30.4 Å². The number of piperazine rings is 1. The van der Waals surface area contributed by atoms with E-state index in [1.54, 1.807) is 11.2 Å². The molecule has 43 heavy (non-hydrogen) atoms. The van der Waals surface area contributed by atoms with Gasteiger partial charge in [-0.1, -0.05) is 78.7 Å². The molecule has 0 bridgehead atoms. The molecule has 3 heterocycles. The van der Waals surface area contributed by atoms with Gasteiger partial charge in [-0.15, -0.1) is 10.2 Å². The smallest absolute Gasteiger partial charge is 0.407 e. The monoisotopic (exact) mass is 584 g/mol. The van der Waals surface area contributed by atoms with E-state index in [9.17, 15) is 19.8 Å². The average Bonchev–Trinajstić information content (AvgIpc) is 3.72. The Balaban J connectivity index is 1.36. The van der Waals surface area contributed by atoms with Crippen molar-refractivity contribution in [2.45, 2.75) is 62.6 Å². The molecular formula is C31H36N8O4. The fraction of sp³-hybridized carbons (Fsp3) is 0.419. The molecule has 1 aliphatic carbocycles. The van der Waals surface area contributed by atoms with Gasteiger partial charge in [0.1, 0.15) is 0 Å². The van der Waals surface area contributed by atoms with Crippen LogP contribution in [-0.2, 0) is 12.8 Å². The lowest BCUT2D eigenvalue weighted by Crippen LogP contribution is -2.57. The predicted octanol–water partition coefficient (Wildman–Crippen LogP) is 3.59. The molecule has 2 fully saturated rings. The van der Waals surface area contributed by atoms with E-state index < -0.39 is 11.7 Å². The number of aromatic nitrogens is 6. The summed E-state index contributed by atoms with van der Waals surface area (Å²) in [5.41, 5.74) is 1.78. The van der Waals surface area contributed by atoms with Crippen molar-refractivity contribution in [3.8, 4) is 11.3 Å². The van der Waals surface area contributed by atoms with Crippen molar-refractivity contribution in [3.63, 3.8) is 0 Å². The van der Waals surface area contributed by atoms with Gasteiger partial charge < -0.3 is 24.6 Å². The van der Waals surface area contributed by atoms with E-state index >= 15 is 0 Å². The van der Waals surface area contributed by atoms with E-state index in [1.807, 2.05) is 65.2 Å². The standard InChI is InChI=1S/C31H36N8O4/c40-29(38-18-17-37(30(41)42)20-24(38)19-22-9-3-1-4-10-22)27-28(23-11-5-2-6-12-23)39(21-32-27)25-13-7-8-15-31(25,43)16-14-26-33-35-36-34-26/h1-6,9-12,21,24-25,43H,7-8,13-20H2,(H,41,42)(H,33,34,35,36)/t24-,25?,31?/m1/s1. The number of amides is 2. The van der Waals surface area contributed by atoms with Crippen LogP contribution in [-0.4, -0.2) is 93.5 Å². The van der Waals surface area contributed by atoms with Crippen LogP contribution < -0.4 is 0 Å². The Hall–Kier alpha value is -4.58. The van der Waals surface area contributed by atoms with Crippen molar-refractivity contribution in [1.82, 2.24) is 40.0 Å². The molecule has 4 aromatic rings. The van der Waals surface area contributed by atoms with Crippen molar-refractivity contribution in [3.05, 3.63) is 84.1 Å². The zero-order valence-electron chi connectivity index (χ0n) is 23.9. The fourth-order valence-electron chi connectivity index (χ4n) is 6.64. The number of aryl methyl sites for hydroxylation is 1. The summed E-state index contributed by atoms with van der Waals surface area (Å²) in [6.07, 6.45) is 5.33. The van der Waals surface area contributed by atoms with Gasteiger partial charge in [0.05, 0.1) is 29.7 Å². The molecule has 12 nitrogen and oxygen atoms in total. The molecule has 2 unspecified atom stereocenters. The molecule has 2 aromatic heterocycles. The van der Waals surface area contributed by atoms with E-state index in [2.05, 4.69) is 20.6 Å². The van der Waals surface area contributed by atoms with Crippen molar-refractivity contribution >= 4 is 12.0 Å². The number of aliphatic hydroxyl groups is 1. The quantitative estimate of drug-likeness (QED) is 0.284. The SMILES string of the molecule is O=C(O)N1CCN(C(=O)c2ncn(C3CCCCC3(O)CCc3nn[nH]n3)c2-c2ccccc2)[C@H](Cc2ccccc2)C1. The Labute approximate surface area is 249 Å². The molecule has 2 aromatic carbocycles. The second-order valence-corrected chi connectivity index (χ2v) is 11.5. The van der Waals surface area contributed by atoms with E-state index in [-0.39, 0.29) is 37.6 Å². The molecule has 1 saturated carbocycles. The van der Waals surface area contributed by atoms with Crippen LogP contribution in [0.1, 0.15) is 60.0 Å². The van der Waals surface area contributed by atoms with Crippen LogP contribution in [0.2, 0.25) is 0 Å². The second-order valence-electron chi connectivity index (χ2n) is 11.5. The molecular weight excluding hydrogens is 548 g/mol. The number of nitrogens with one attached hydrogen (secondary N) is 1. The summed E-state index contributed by atoms with van der Waals surface area (Å²) in [6.45, 7) is 0.712. The first-order valence-electron chi connectivity index (χ1n) is 14.8. The zero-order chi connectivity index (χ0) is 29.8. The summed E-state index contributed by atoms with van der Waals surface area (Å²) in [7, 11) is 0. The van der Waals surface area contributed by atoms with Crippen LogP contribution in [0.5, 0.6) is 0 Å². The minimum absolute atomic E-state index is 0.218. The summed E-state index contributed by atoms with van der Waals surface area (Å²) >= 11 is 0. The van der Waals surface area contributed by atoms with E-state index in [0.29, 0.717) is 42.9 Å². The van der Waals surface area contributed by atoms with Gasteiger partial charge in [-0.2, -0.15) is 5.21 Å². The first-order valence-corrected chi connectivity index (χ1v) is 14.8. The Kier molecular flexibility index (Phi) is 8.19. The number of benzene rings is 2. The molecule has 3 N–H and O–H groups in total. The number of H-pyrrole nitrogens is 1. The topological polar surface area (TPSA) is 153 Å². The number of carbonyl (C=O) groups is 2. The maximum Gasteiger partial charge on any atom is 0.407 e. The largest absolute Gasteiger partial charge is 0.465 e. The van der Waals surface area contributed by atoms with Crippen LogP contribution in [0, 0.1) is 0 Å². The van der Waals surface area contributed by atoms with Crippen LogP contribution in [0.3, 0.4) is 0 Å². The number of imidazole rings is 1. The molecule has 3 atom stereocenters. The summed E-state index contributed by atoms with van der Waals surface area (Å²) < 4.78 is 1.98. The minimum Gasteiger partial charge on any atom is -0.465 e. The highest BCUT2D eigenvalue weighted by atomic mass is 16.4. The van der Waals surface area contributed by atoms with Gasteiger partial charge in [0.2, 0.25) is 0 Å². The Morgan fingerprint density at radius 3 is 2.51 bits per heavy atom. The van der Waals surface area contributed by atoms with Crippen LogP contribution >= 0.6 is 0 Å². The third-order valence-electron chi connectivity index (χ3n) is 8.84. The summed E-state index contributed by atoms with van der Waals surface area (Å²) in [5.74, 6) is 0.308. The Morgan fingerprint density at radius 2 is 1.79 bits per heavy atom. The van der Waals surface area contributed by atoms with Gasteiger partial charge in [0.25, 0.3) is 5.91 Å². The maximum atomic E-state index is 14.4. The van der Waals surface area contributed by atoms with Crippen LogP contribution in [0.25, 0.3) is 11.3 Å². The summed E-state index contributed by atoms with van der Waals surface area (Å²) in [5, 5.41) is 36.0. The highest BCUT2D eigenvalue weighted by Gasteiger charge is 2.42. The predicted molar refractivity (Wildman–Crippen MR) is 157 cm³/mol. The third-order valence-corrected chi connectivity index (χ3v) is 8.84. The first-order chi connectivity index (χ1) is 20.9. The van der Waals surface area contributed by atoms with Crippen molar-refractivity contribution in [2.75, 3.05) is 19.6 Å². The number of hydrogen-bond acceptors (Lipinski definition) is 7. The highest BCUT2D eigenvalue weighted by Crippen LogP contribution is 2.43. The fourth-order valence-corrected chi connectivity index (χ4v) is 6.64. The molecule has 2 amide bonds. The van der Waals surface area contributed by atoms with Gasteiger partial charge in [0, 0.05) is 31.6 Å². The minimum atomic E-state index is -1.05. The zero-order valence-corrected chi connectivity index (χ0v) is 23.9. The normalized spacial score (nSPS) is 22.4. The van der Waals surface area contributed by atoms with E-state index in [1.165, 1.54) is 4.90 Å². The second kappa shape index (κ2) is 12.3. The lowest BCUT2D eigenvalue weighted by Gasteiger charge is -2.42. The molecule has 224 valence electrons. The van der Waals surface area contributed by atoms with Gasteiger partial charge in [-0.3, -0.25) is 4.79 Å². The number of tetrazole rings is 1. The first kappa shape index (κ1) is 28.5. The Morgan fingerprint density at radius 1 is 1.02 bits per heavy atom. The van der Waals surface area contributed by atoms with Crippen LogP contribution in [0.4, 0.5) is 4.79 Å². The third kappa shape index (κ3) is 6.00. The number of nitrogens with zero attached hydrogens (tertiary/aromatic N) is 7. The molecule has 6 rings (SSSR count). The lowest BCUT2D eigenvalue weighted by atomic mass is 9.77. The number of hydrogen-bond donors (Lipinski definition) is 3. The molecule has 0 radical (unpaired) electrons. The highest BCUT2D eigenvalue weighted by molar-refractivity contribution is 5.98. The molecule has 2 aliphatic rings. The molecule has 1 saturated heterocycles. The van der Waals surface area contributed by atoms with Gasteiger partial charge in [-0.05, 0) is 31.2 Å². The Bertz CT molecular complexity index is 1530. The maximum absolute atomic E-state index is 14.4. The number of aromatic amines is 1. The van der Waals surface area contributed by atoms with Gasteiger partial charge in [-0.25, -0.2) is 9.78 Å². The van der Waals surface area contributed by atoms with Crippen molar-refractivity contribution in [2.24, 2.45) is 0 Å².